The van der Waals surface area contributed by atoms with Crippen LogP contribution in [0.2, 0.25) is 0 Å². The van der Waals surface area contributed by atoms with Crippen molar-refractivity contribution in [3.63, 3.8) is 0 Å². The van der Waals surface area contributed by atoms with Crippen LogP contribution in [-0.4, -0.2) is 103 Å². The Morgan fingerprint density at radius 3 is 1.28 bits per heavy atom. The Labute approximate surface area is 172 Å². The summed E-state index contributed by atoms with van der Waals surface area (Å²) in [5, 5.41) is 24.3. The number of nitrogens with one attached hydrogen (secondary N) is 2. The van der Waals surface area contributed by atoms with Gasteiger partial charge in [-0.25, -0.2) is 0 Å². The number of aliphatic carboxylic acids is 2. The number of carboxylic acid groups (broad SMARTS) is 2. The highest BCUT2D eigenvalue weighted by molar-refractivity contribution is 5.86. The van der Waals surface area contributed by atoms with E-state index in [1.54, 1.807) is 0 Å². The van der Waals surface area contributed by atoms with Crippen LogP contribution in [0.5, 0.6) is 0 Å². The van der Waals surface area contributed by atoms with E-state index < -0.39 is 11.9 Å². The van der Waals surface area contributed by atoms with Crippen molar-refractivity contribution in [1.29, 1.82) is 0 Å². The van der Waals surface area contributed by atoms with E-state index in [0.717, 1.165) is 26.2 Å². The molecule has 1 fully saturated rings. The molecule has 0 saturated carbocycles. The van der Waals surface area contributed by atoms with E-state index in [1.807, 2.05) is 9.80 Å². The third-order valence-corrected chi connectivity index (χ3v) is 3.14. The Balaban J connectivity index is -0.000000267. The minimum absolute atomic E-state index is 0. The largest absolute Gasteiger partial charge is 0.480 e. The minimum Gasteiger partial charge on any atom is -0.480 e. The summed E-state index contributed by atoms with van der Waals surface area (Å²) < 4.78 is 0. The second kappa shape index (κ2) is 21.9. The number of carbonyl (C=O) groups is 2. The molecule has 1 rings (SSSR count). The summed E-state index contributed by atoms with van der Waals surface area (Å²) >= 11 is 0. The average Bonchev–Trinajstić information content (AvgIpc) is 2.34. The number of nitrogens with zero attached hydrogens (tertiary/aromatic N) is 2. The molecule has 0 aromatic rings. The molecule has 0 amide bonds. The molecule has 9 nitrogen and oxygen atoms in total. The van der Waals surface area contributed by atoms with Gasteiger partial charge in [0.05, 0.1) is 13.1 Å². The Hall–Kier alpha value is -0.100. The van der Waals surface area contributed by atoms with Gasteiger partial charge in [0.2, 0.25) is 0 Å². The molecular weight excluding hydrogens is 422 g/mol. The highest BCUT2D eigenvalue weighted by Gasteiger charge is 2.14. The monoisotopic (exact) mass is 450 g/mol. The summed E-state index contributed by atoms with van der Waals surface area (Å²) in [4.78, 5) is 25.3. The zero-order valence-corrected chi connectivity index (χ0v) is 17.1. The summed E-state index contributed by atoms with van der Waals surface area (Å²) in [6.45, 7) is 5.48. The van der Waals surface area contributed by atoms with Crippen molar-refractivity contribution in [3.05, 3.63) is 0 Å². The third kappa shape index (κ3) is 20.1. The molecule has 6 N–H and O–H groups in total. The molecule has 25 heavy (non-hydrogen) atoms. The van der Waals surface area contributed by atoms with E-state index in [1.165, 1.54) is 0 Å². The van der Waals surface area contributed by atoms with Crippen molar-refractivity contribution in [2.75, 3.05) is 65.4 Å². The maximum absolute atomic E-state index is 10.8. The number of hydrogen-bond acceptors (Lipinski definition) is 6. The van der Waals surface area contributed by atoms with Crippen LogP contribution in [0.15, 0.2) is 0 Å². The highest BCUT2D eigenvalue weighted by atomic mass is 35.5. The summed E-state index contributed by atoms with van der Waals surface area (Å²) in [5.41, 5.74) is 0. The predicted molar refractivity (Wildman–Crippen MR) is 106 cm³/mol. The number of rotatable bonds is 4. The molecule has 1 aliphatic rings. The van der Waals surface area contributed by atoms with E-state index in [4.69, 9.17) is 10.2 Å². The molecule has 0 bridgehead atoms. The first kappa shape index (κ1) is 35.9. The fraction of sp³-hybridized carbons (Fsp3) is 0.833. The normalized spacial score (nSPS) is 16.6. The van der Waals surface area contributed by atoms with Crippen LogP contribution in [0.3, 0.4) is 0 Å². The Bertz CT molecular complexity index is 302. The van der Waals surface area contributed by atoms with Gasteiger partial charge in [0.15, 0.2) is 0 Å². The van der Waals surface area contributed by atoms with Crippen LogP contribution in [-0.2, 0) is 9.59 Å². The molecule has 0 aromatic heterocycles. The molecule has 0 aliphatic carbocycles. The van der Waals surface area contributed by atoms with Crippen LogP contribution < -0.4 is 10.6 Å². The zero-order chi connectivity index (χ0) is 14.8. The van der Waals surface area contributed by atoms with Gasteiger partial charge in [0.25, 0.3) is 0 Å². The van der Waals surface area contributed by atoms with Gasteiger partial charge in [-0.1, -0.05) is 0 Å². The molecule has 0 radical (unpaired) electrons. The third-order valence-electron chi connectivity index (χ3n) is 3.14. The zero-order valence-electron chi connectivity index (χ0n) is 13.8. The van der Waals surface area contributed by atoms with Crippen molar-refractivity contribution < 1.29 is 25.3 Å². The van der Waals surface area contributed by atoms with Gasteiger partial charge in [-0.05, 0) is 0 Å². The first-order valence-corrected chi connectivity index (χ1v) is 6.87. The molecule has 0 aromatic carbocycles. The lowest BCUT2D eigenvalue weighted by molar-refractivity contribution is -0.140. The summed E-state index contributed by atoms with van der Waals surface area (Å²) in [5.74, 6) is -1.72. The van der Waals surface area contributed by atoms with Crippen molar-refractivity contribution in [1.82, 2.24) is 20.4 Å². The van der Waals surface area contributed by atoms with Crippen molar-refractivity contribution in [2.45, 2.75) is 0 Å². The fourth-order valence-electron chi connectivity index (χ4n) is 2.11. The topological polar surface area (TPSA) is 137 Å². The molecule has 1 heterocycles. The van der Waals surface area contributed by atoms with E-state index >= 15 is 0 Å². The lowest BCUT2D eigenvalue weighted by atomic mass is 10.3. The van der Waals surface area contributed by atoms with E-state index in [9.17, 15) is 9.59 Å². The molecule has 13 heteroatoms. The standard InChI is InChI=1S/C12H24N4O4.4ClH.H2O/c17-11(18)9-15-5-3-13-1-2-14-4-6-16(8-7-15)10-12(19)20;;;;;/h13-14H,1-10H2,(H,17,18)(H,19,20);4*1H;1H2. The predicted octanol–water partition coefficient (Wildman–Crippen LogP) is -1.19. The number of carboxylic acids is 2. The van der Waals surface area contributed by atoms with Crippen molar-refractivity contribution in [2.24, 2.45) is 0 Å². The lowest BCUT2D eigenvalue weighted by Gasteiger charge is -2.26. The van der Waals surface area contributed by atoms with Gasteiger partial charge in [0, 0.05) is 52.4 Å². The summed E-state index contributed by atoms with van der Waals surface area (Å²) in [7, 11) is 0. The molecule has 0 spiro atoms. The highest BCUT2D eigenvalue weighted by Crippen LogP contribution is 1.94. The molecule has 0 atom stereocenters. The maximum Gasteiger partial charge on any atom is 0.317 e. The smallest absolute Gasteiger partial charge is 0.317 e. The van der Waals surface area contributed by atoms with Gasteiger partial charge in [-0.3, -0.25) is 19.4 Å². The fourth-order valence-corrected chi connectivity index (χ4v) is 2.11. The van der Waals surface area contributed by atoms with Crippen LogP contribution in [0.4, 0.5) is 0 Å². The molecular formula is C12H30Cl4N4O5. The van der Waals surface area contributed by atoms with Crippen molar-refractivity contribution in [3.8, 4) is 0 Å². The number of hydrogen-bond donors (Lipinski definition) is 4. The van der Waals surface area contributed by atoms with Gasteiger partial charge < -0.3 is 26.3 Å². The SMILES string of the molecule is Cl.Cl.Cl.Cl.O.O=C(O)CN1CCNCCNCCN(CC(=O)O)CC1. The number of halogens is 4. The van der Waals surface area contributed by atoms with E-state index in [2.05, 4.69) is 10.6 Å². The molecule has 1 aliphatic heterocycles. The molecule has 1 saturated heterocycles. The Kier molecular flexibility index (Phi) is 31.5. The second-order valence-corrected chi connectivity index (χ2v) is 4.84. The first-order chi connectivity index (χ1) is 9.58. The minimum atomic E-state index is -0.858. The Morgan fingerprint density at radius 1 is 0.680 bits per heavy atom. The lowest BCUT2D eigenvalue weighted by Crippen LogP contribution is -2.45. The summed E-state index contributed by atoms with van der Waals surface area (Å²) in [6.07, 6.45) is 0. The second-order valence-electron chi connectivity index (χ2n) is 4.84. The van der Waals surface area contributed by atoms with Crippen LogP contribution in [0.25, 0.3) is 0 Å². The maximum atomic E-state index is 10.8. The van der Waals surface area contributed by atoms with Crippen LogP contribution >= 0.6 is 49.6 Å². The quantitative estimate of drug-likeness (QED) is 0.419. The van der Waals surface area contributed by atoms with Crippen LogP contribution in [0.1, 0.15) is 0 Å². The first-order valence-electron chi connectivity index (χ1n) is 6.87. The molecule has 156 valence electrons. The van der Waals surface area contributed by atoms with Gasteiger partial charge >= 0.3 is 11.9 Å². The van der Waals surface area contributed by atoms with Gasteiger partial charge in [-0.15, -0.1) is 49.6 Å². The van der Waals surface area contributed by atoms with Gasteiger partial charge in [-0.2, -0.15) is 0 Å². The molecule has 0 unspecified atom stereocenters. The van der Waals surface area contributed by atoms with E-state index in [-0.39, 0.29) is 68.2 Å². The average molecular weight is 452 g/mol. The van der Waals surface area contributed by atoms with Crippen molar-refractivity contribution >= 4 is 61.6 Å². The van der Waals surface area contributed by atoms with E-state index in [0.29, 0.717) is 26.2 Å². The van der Waals surface area contributed by atoms with Gasteiger partial charge in [0.1, 0.15) is 0 Å². The summed E-state index contributed by atoms with van der Waals surface area (Å²) in [6, 6.07) is 0. The Morgan fingerprint density at radius 2 is 1.00 bits per heavy atom. The van der Waals surface area contributed by atoms with Crippen LogP contribution in [0, 0.1) is 0 Å².